The van der Waals surface area contributed by atoms with Gasteiger partial charge in [0.25, 0.3) is 0 Å². The van der Waals surface area contributed by atoms with Gasteiger partial charge in [-0.3, -0.25) is 0 Å². The van der Waals surface area contributed by atoms with Crippen LogP contribution in [-0.2, 0) is 19.1 Å². The van der Waals surface area contributed by atoms with Crippen molar-refractivity contribution in [3.05, 3.63) is 94.7 Å². The number of carbonyl (C=O) groups is 1. The van der Waals surface area contributed by atoms with Gasteiger partial charge in [-0.25, -0.2) is 4.79 Å². The molecule has 0 unspecified atom stereocenters. The lowest BCUT2D eigenvalue weighted by Gasteiger charge is -2.14. The van der Waals surface area contributed by atoms with E-state index in [-0.39, 0.29) is 18.7 Å². The average molecular weight is 550 g/mol. The third kappa shape index (κ3) is 5.96. The summed E-state index contributed by atoms with van der Waals surface area (Å²) in [6, 6.07) is 18.1. The van der Waals surface area contributed by atoms with E-state index in [2.05, 4.69) is 0 Å². The van der Waals surface area contributed by atoms with E-state index in [4.69, 9.17) is 9.47 Å². The Balaban J connectivity index is 1.38. The van der Waals surface area contributed by atoms with Crippen LogP contribution in [0, 0.1) is 11.8 Å². The van der Waals surface area contributed by atoms with Gasteiger partial charge in [-0.15, -0.1) is 0 Å². The van der Waals surface area contributed by atoms with Gasteiger partial charge in [0.15, 0.2) is 0 Å². The number of para-hydroxylation sites is 1. The highest BCUT2D eigenvalue weighted by molar-refractivity contribution is 5.98. The number of ether oxygens (including phenoxy) is 2. The number of halogens is 3. The zero-order valence-corrected chi connectivity index (χ0v) is 21.9. The normalized spacial score (nSPS) is 15.4. The summed E-state index contributed by atoms with van der Waals surface area (Å²) in [7, 11) is 0. The zero-order chi connectivity index (χ0) is 27.9. The van der Waals surface area contributed by atoms with E-state index in [1.54, 1.807) is 10.6 Å². The Labute approximate surface area is 230 Å². The molecule has 0 saturated heterocycles. The van der Waals surface area contributed by atoms with Gasteiger partial charge in [0.2, 0.25) is 0 Å². The second-order valence-corrected chi connectivity index (χ2v) is 10.9. The summed E-state index contributed by atoms with van der Waals surface area (Å²) in [5.74, 6) is 1.39. The number of fused-ring (bicyclic) bond motifs is 1. The van der Waals surface area contributed by atoms with Crippen molar-refractivity contribution in [2.75, 3.05) is 13.2 Å². The van der Waals surface area contributed by atoms with E-state index in [9.17, 15) is 23.1 Å². The average Bonchev–Trinajstić information content (AvgIpc) is 3.85. The van der Waals surface area contributed by atoms with Crippen LogP contribution in [0.15, 0.2) is 66.7 Å². The number of rotatable bonds is 11. The van der Waals surface area contributed by atoms with Crippen LogP contribution in [0.5, 0.6) is 11.5 Å². The molecule has 4 aromatic rings. The minimum atomic E-state index is -4.48. The fraction of sp³-hybridized carbons (Fsp3) is 0.344. The maximum Gasteiger partial charge on any atom is 0.416 e. The Kier molecular flexibility index (Phi) is 6.94. The molecule has 1 N–H and O–H groups in total. The molecule has 1 aromatic heterocycles. The first-order valence-electron chi connectivity index (χ1n) is 13.6. The minimum Gasteiger partial charge on any atom is -0.493 e. The molecule has 1 heterocycles. The molecule has 2 saturated carbocycles. The number of hydrogen-bond acceptors (Lipinski definition) is 3. The van der Waals surface area contributed by atoms with Crippen LogP contribution in [0.1, 0.15) is 58.4 Å². The van der Waals surface area contributed by atoms with Crippen LogP contribution in [-0.4, -0.2) is 28.9 Å². The first-order valence-corrected chi connectivity index (χ1v) is 13.6. The second-order valence-electron chi connectivity index (χ2n) is 10.9. The Morgan fingerprint density at radius 3 is 2.10 bits per heavy atom. The first-order chi connectivity index (χ1) is 19.2. The molecule has 5 nitrogen and oxygen atoms in total. The summed E-state index contributed by atoms with van der Waals surface area (Å²) >= 11 is 0. The van der Waals surface area contributed by atoms with E-state index < -0.39 is 17.7 Å². The smallest absolute Gasteiger partial charge is 0.416 e. The lowest BCUT2D eigenvalue weighted by molar-refractivity contribution is -0.137. The van der Waals surface area contributed by atoms with Gasteiger partial charge in [-0.1, -0.05) is 36.4 Å². The van der Waals surface area contributed by atoms with Crippen molar-refractivity contribution < 1.29 is 32.5 Å². The quantitative estimate of drug-likeness (QED) is 0.210. The van der Waals surface area contributed by atoms with Crippen molar-refractivity contribution in [3.8, 4) is 11.5 Å². The van der Waals surface area contributed by atoms with E-state index in [0.29, 0.717) is 58.6 Å². The number of benzene rings is 3. The third-order valence-electron chi connectivity index (χ3n) is 7.56. The summed E-state index contributed by atoms with van der Waals surface area (Å²) in [4.78, 5) is 12.7. The van der Waals surface area contributed by atoms with Crippen LogP contribution in [0.2, 0.25) is 0 Å². The Morgan fingerprint density at radius 1 is 0.850 bits per heavy atom. The molecule has 208 valence electrons. The van der Waals surface area contributed by atoms with Crippen molar-refractivity contribution in [2.24, 2.45) is 11.8 Å². The molecular weight excluding hydrogens is 519 g/mol. The fourth-order valence-corrected chi connectivity index (χ4v) is 5.09. The van der Waals surface area contributed by atoms with Crippen LogP contribution in [0.25, 0.3) is 10.9 Å². The highest BCUT2D eigenvalue weighted by Crippen LogP contribution is 2.35. The molecule has 2 aliphatic rings. The molecule has 2 aliphatic carbocycles. The number of aromatic nitrogens is 1. The van der Waals surface area contributed by atoms with Crippen LogP contribution in [0.4, 0.5) is 13.2 Å². The number of nitrogens with zero attached hydrogens (tertiary/aromatic N) is 1. The van der Waals surface area contributed by atoms with E-state index >= 15 is 0 Å². The molecular formula is C32H30F3NO4. The fourth-order valence-electron chi connectivity index (χ4n) is 5.09. The molecule has 8 heteroatoms. The molecule has 0 bridgehead atoms. The van der Waals surface area contributed by atoms with Crippen molar-refractivity contribution in [3.63, 3.8) is 0 Å². The minimum absolute atomic E-state index is 0.0549. The van der Waals surface area contributed by atoms with Crippen LogP contribution < -0.4 is 9.47 Å². The molecule has 2 fully saturated rings. The van der Waals surface area contributed by atoms with Crippen molar-refractivity contribution >= 4 is 16.9 Å². The predicted octanol–water partition coefficient (Wildman–Crippen LogP) is 7.58. The molecule has 3 aromatic carbocycles. The molecule has 0 spiro atoms. The molecule has 40 heavy (non-hydrogen) atoms. The zero-order valence-electron chi connectivity index (χ0n) is 21.9. The highest BCUT2D eigenvalue weighted by Gasteiger charge is 2.31. The first kappa shape index (κ1) is 26.3. The van der Waals surface area contributed by atoms with Crippen molar-refractivity contribution in [1.29, 1.82) is 0 Å². The van der Waals surface area contributed by atoms with Gasteiger partial charge in [0.05, 0.1) is 18.8 Å². The van der Waals surface area contributed by atoms with Gasteiger partial charge in [-0.2, -0.15) is 13.2 Å². The monoisotopic (exact) mass is 549 g/mol. The van der Waals surface area contributed by atoms with Gasteiger partial charge < -0.3 is 19.1 Å². The summed E-state index contributed by atoms with van der Waals surface area (Å²) in [6.45, 7) is 1.52. The van der Waals surface area contributed by atoms with Crippen molar-refractivity contribution in [2.45, 2.75) is 44.8 Å². The number of carboxylic acids is 1. The number of carboxylic acid groups (broad SMARTS) is 1. The third-order valence-corrected chi connectivity index (χ3v) is 7.56. The lowest BCUT2D eigenvalue weighted by atomic mass is 10.00. The maximum absolute atomic E-state index is 13.4. The molecule has 0 amide bonds. The predicted molar refractivity (Wildman–Crippen MR) is 145 cm³/mol. The summed E-state index contributed by atoms with van der Waals surface area (Å²) < 4.78 is 53.9. The van der Waals surface area contributed by atoms with Gasteiger partial charge >= 0.3 is 12.1 Å². The summed E-state index contributed by atoms with van der Waals surface area (Å²) in [6.07, 6.45) is 0.228. The number of hydrogen-bond donors (Lipinski definition) is 1. The largest absolute Gasteiger partial charge is 0.493 e. The van der Waals surface area contributed by atoms with Crippen molar-refractivity contribution in [1.82, 2.24) is 4.57 Å². The lowest BCUT2D eigenvalue weighted by Crippen LogP contribution is -2.12. The molecule has 0 atom stereocenters. The molecule has 6 rings (SSSR count). The summed E-state index contributed by atoms with van der Waals surface area (Å²) in [5, 5.41) is 11.0. The topological polar surface area (TPSA) is 60.7 Å². The number of aromatic carboxylic acids is 1. The van der Waals surface area contributed by atoms with E-state index in [1.165, 1.54) is 6.07 Å². The maximum atomic E-state index is 13.4. The Bertz CT molecular complexity index is 1520. The highest BCUT2D eigenvalue weighted by atomic mass is 19.4. The standard InChI is InChI=1S/C32H30F3NO4/c33-32(34,35)24-5-3-4-22(12-24)15-28-27-6-1-2-7-29(27)36(30(28)31(37)38)17-23-13-25(39-18-20-8-9-20)16-26(14-23)40-19-21-10-11-21/h1-7,12-14,16,20-21H,8-11,15,17-19H2,(H,37,38). The van der Waals surface area contributed by atoms with E-state index in [1.807, 2.05) is 42.5 Å². The molecule has 0 aliphatic heterocycles. The van der Waals surface area contributed by atoms with Gasteiger partial charge in [-0.05, 0) is 78.5 Å². The summed E-state index contributed by atoms with van der Waals surface area (Å²) in [5.41, 5.74) is 1.70. The Morgan fingerprint density at radius 2 is 1.50 bits per heavy atom. The van der Waals surface area contributed by atoms with Crippen LogP contribution >= 0.6 is 0 Å². The number of alkyl halides is 3. The Hall–Kier alpha value is -3.94. The molecule has 0 radical (unpaired) electrons. The van der Waals surface area contributed by atoms with E-state index in [0.717, 1.165) is 43.4 Å². The van der Waals surface area contributed by atoms with Gasteiger partial charge in [0, 0.05) is 29.9 Å². The SMILES string of the molecule is O=C(O)c1c(Cc2cccc(C(F)(F)F)c2)c2ccccc2n1Cc1cc(OCC2CC2)cc(OCC2CC2)c1. The van der Waals surface area contributed by atoms with Crippen LogP contribution in [0.3, 0.4) is 0 Å². The second kappa shape index (κ2) is 10.6. The van der Waals surface area contributed by atoms with Gasteiger partial charge in [0.1, 0.15) is 17.2 Å².